The SMILES string of the molecule is CCOCC(N)Cc1ccc(Cl)c(Cl)c1. The number of hydrogen-bond acceptors (Lipinski definition) is 2. The second-order valence-electron chi connectivity index (χ2n) is 3.37. The summed E-state index contributed by atoms with van der Waals surface area (Å²) in [6.07, 6.45) is 0.747. The fourth-order valence-electron chi connectivity index (χ4n) is 1.30. The molecule has 0 bridgehead atoms. The van der Waals surface area contributed by atoms with Crippen LogP contribution in [0.2, 0.25) is 10.0 Å². The van der Waals surface area contributed by atoms with Gasteiger partial charge in [-0.3, -0.25) is 0 Å². The van der Waals surface area contributed by atoms with E-state index in [1.165, 1.54) is 0 Å². The van der Waals surface area contributed by atoms with Crippen molar-refractivity contribution in [1.29, 1.82) is 0 Å². The molecule has 2 N–H and O–H groups in total. The van der Waals surface area contributed by atoms with Gasteiger partial charge in [-0.05, 0) is 31.0 Å². The van der Waals surface area contributed by atoms with Gasteiger partial charge in [-0.15, -0.1) is 0 Å². The molecule has 1 unspecified atom stereocenters. The van der Waals surface area contributed by atoms with E-state index >= 15 is 0 Å². The van der Waals surface area contributed by atoms with Gasteiger partial charge in [-0.1, -0.05) is 29.3 Å². The molecule has 0 fully saturated rings. The van der Waals surface area contributed by atoms with Crippen molar-refractivity contribution in [3.63, 3.8) is 0 Å². The fraction of sp³-hybridized carbons (Fsp3) is 0.455. The van der Waals surface area contributed by atoms with Crippen LogP contribution in [-0.4, -0.2) is 19.3 Å². The van der Waals surface area contributed by atoms with Gasteiger partial charge in [0.1, 0.15) is 0 Å². The Labute approximate surface area is 100 Å². The molecule has 0 aliphatic heterocycles. The maximum Gasteiger partial charge on any atom is 0.0620 e. The highest BCUT2D eigenvalue weighted by Crippen LogP contribution is 2.22. The van der Waals surface area contributed by atoms with Crippen LogP contribution < -0.4 is 5.73 Å². The number of nitrogens with two attached hydrogens (primary N) is 1. The van der Waals surface area contributed by atoms with Crippen molar-refractivity contribution in [1.82, 2.24) is 0 Å². The van der Waals surface area contributed by atoms with E-state index in [1.54, 1.807) is 6.07 Å². The first-order valence-corrected chi connectivity index (χ1v) is 5.66. The Morgan fingerprint density at radius 3 is 2.67 bits per heavy atom. The maximum atomic E-state index is 5.90. The number of benzene rings is 1. The summed E-state index contributed by atoms with van der Waals surface area (Å²) in [4.78, 5) is 0. The second kappa shape index (κ2) is 6.33. The highest BCUT2D eigenvalue weighted by atomic mass is 35.5. The number of hydrogen-bond donors (Lipinski definition) is 1. The summed E-state index contributed by atoms with van der Waals surface area (Å²) in [6.45, 7) is 3.21. The first-order chi connectivity index (χ1) is 7.13. The monoisotopic (exact) mass is 247 g/mol. The molecular formula is C11H15Cl2NO. The van der Waals surface area contributed by atoms with Crippen molar-refractivity contribution in [2.75, 3.05) is 13.2 Å². The van der Waals surface area contributed by atoms with E-state index in [9.17, 15) is 0 Å². The van der Waals surface area contributed by atoms with Crippen LogP contribution in [0, 0.1) is 0 Å². The Morgan fingerprint density at radius 2 is 2.07 bits per heavy atom. The number of halogens is 2. The summed E-state index contributed by atoms with van der Waals surface area (Å²) < 4.78 is 5.24. The van der Waals surface area contributed by atoms with Crippen molar-refractivity contribution >= 4 is 23.2 Å². The van der Waals surface area contributed by atoms with E-state index in [1.807, 2.05) is 19.1 Å². The molecule has 1 atom stereocenters. The molecule has 1 aromatic carbocycles. The molecule has 0 heterocycles. The standard InChI is InChI=1S/C11H15Cl2NO/c1-2-15-7-9(14)5-8-3-4-10(12)11(13)6-8/h3-4,6,9H,2,5,7,14H2,1H3. The van der Waals surface area contributed by atoms with Crippen LogP contribution in [-0.2, 0) is 11.2 Å². The highest BCUT2D eigenvalue weighted by Gasteiger charge is 2.05. The predicted octanol–water partition coefficient (Wildman–Crippen LogP) is 2.90. The van der Waals surface area contributed by atoms with Crippen molar-refractivity contribution in [2.24, 2.45) is 5.73 Å². The second-order valence-corrected chi connectivity index (χ2v) is 4.19. The van der Waals surface area contributed by atoms with Crippen LogP contribution in [0.3, 0.4) is 0 Å². The van der Waals surface area contributed by atoms with Crippen molar-refractivity contribution in [3.05, 3.63) is 33.8 Å². The Hall–Kier alpha value is -0.280. The zero-order valence-corrected chi connectivity index (χ0v) is 10.2. The summed E-state index contributed by atoms with van der Waals surface area (Å²) in [5.41, 5.74) is 6.96. The Kier molecular flexibility index (Phi) is 5.40. The van der Waals surface area contributed by atoms with Gasteiger partial charge in [0, 0.05) is 12.6 Å². The zero-order chi connectivity index (χ0) is 11.3. The van der Waals surface area contributed by atoms with Crippen LogP contribution in [0.4, 0.5) is 0 Å². The summed E-state index contributed by atoms with van der Waals surface area (Å²) in [5, 5.41) is 1.14. The minimum atomic E-state index is 0.00203. The van der Waals surface area contributed by atoms with Crippen LogP contribution >= 0.6 is 23.2 Å². The van der Waals surface area contributed by atoms with Gasteiger partial charge in [0.25, 0.3) is 0 Å². The van der Waals surface area contributed by atoms with Gasteiger partial charge >= 0.3 is 0 Å². The predicted molar refractivity (Wildman–Crippen MR) is 64.6 cm³/mol. The normalized spacial score (nSPS) is 12.8. The minimum Gasteiger partial charge on any atom is -0.380 e. The molecule has 84 valence electrons. The summed E-state index contributed by atoms with van der Waals surface area (Å²) in [7, 11) is 0. The van der Waals surface area contributed by atoms with Crippen molar-refractivity contribution in [2.45, 2.75) is 19.4 Å². The Morgan fingerprint density at radius 1 is 1.33 bits per heavy atom. The van der Waals surface area contributed by atoms with Gasteiger partial charge in [0.2, 0.25) is 0 Å². The van der Waals surface area contributed by atoms with Crippen LogP contribution in [0.25, 0.3) is 0 Å². The lowest BCUT2D eigenvalue weighted by molar-refractivity contribution is 0.133. The van der Waals surface area contributed by atoms with Crippen molar-refractivity contribution in [3.8, 4) is 0 Å². The molecule has 0 amide bonds. The van der Waals surface area contributed by atoms with E-state index < -0.39 is 0 Å². The van der Waals surface area contributed by atoms with Gasteiger partial charge < -0.3 is 10.5 Å². The van der Waals surface area contributed by atoms with Gasteiger partial charge in [-0.25, -0.2) is 0 Å². The van der Waals surface area contributed by atoms with Crippen LogP contribution in [0.5, 0.6) is 0 Å². The lowest BCUT2D eigenvalue weighted by Crippen LogP contribution is -2.28. The lowest BCUT2D eigenvalue weighted by atomic mass is 10.1. The highest BCUT2D eigenvalue weighted by molar-refractivity contribution is 6.42. The topological polar surface area (TPSA) is 35.2 Å². The van der Waals surface area contributed by atoms with Gasteiger partial charge in [-0.2, -0.15) is 0 Å². The summed E-state index contributed by atoms with van der Waals surface area (Å²) >= 11 is 11.7. The van der Waals surface area contributed by atoms with Crippen LogP contribution in [0.15, 0.2) is 18.2 Å². The molecule has 4 heteroatoms. The van der Waals surface area contributed by atoms with E-state index in [0.717, 1.165) is 12.0 Å². The molecule has 0 aliphatic carbocycles. The lowest BCUT2D eigenvalue weighted by Gasteiger charge is -2.11. The zero-order valence-electron chi connectivity index (χ0n) is 8.67. The molecule has 0 saturated carbocycles. The van der Waals surface area contributed by atoms with E-state index in [-0.39, 0.29) is 6.04 Å². The molecule has 0 aliphatic rings. The molecule has 15 heavy (non-hydrogen) atoms. The van der Waals surface area contributed by atoms with Crippen molar-refractivity contribution < 1.29 is 4.74 Å². The average molecular weight is 248 g/mol. The molecule has 1 aromatic rings. The molecule has 0 saturated heterocycles. The summed E-state index contributed by atoms with van der Waals surface area (Å²) in [6, 6.07) is 5.56. The Balaban J connectivity index is 2.53. The number of ether oxygens (including phenoxy) is 1. The van der Waals surface area contributed by atoms with E-state index in [0.29, 0.717) is 23.3 Å². The molecule has 0 spiro atoms. The smallest absolute Gasteiger partial charge is 0.0620 e. The average Bonchev–Trinajstić information content (AvgIpc) is 2.20. The minimum absolute atomic E-state index is 0.00203. The van der Waals surface area contributed by atoms with E-state index in [2.05, 4.69) is 0 Å². The van der Waals surface area contributed by atoms with Gasteiger partial charge in [0.05, 0.1) is 16.7 Å². The van der Waals surface area contributed by atoms with E-state index in [4.69, 9.17) is 33.7 Å². The quantitative estimate of drug-likeness (QED) is 0.869. The van der Waals surface area contributed by atoms with Gasteiger partial charge in [0.15, 0.2) is 0 Å². The molecule has 1 rings (SSSR count). The summed E-state index contributed by atoms with van der Waals surface area (Å²) in [5.74, 6) is 0. The first-order valence-electron chi connectivity index (χ1n) is 4.90. The third kappa shape index (κ3) is 4.39. The molecule has 2 nitrogen and oxygen atoms in total. The number of rotatable bonds is 5. The third-order valence-corrected chi connectivity index (χ3v) is 2.76. The fourth-order valence-corrected chi connectivity index (χ4v) is 1.62. The molecule has 0 aromatic heterocycles. The molecule has 0 radical (unpaired) electrons. The first kappa shape index (κ1) is 12.8. The largest absolute Gasteiger partial charge is 0.380 e. The maximum absolute atomic E-state index is 5.90. The van der Waals surface area contributed by atoms with Crippen LogP contribution in [0.1, 0.15) is 12.5 Å². The third-order valence-electron chi connectivity index (χ3n) is 2.02. The Bertz CT molecular complexity index is 317. The molecular weight excluding hydrogens is 233 g/mol.